The number of hydrogen-bond acceptors (Lipinski definition) is 9. The van der Waals surface area contributed by atoms with E-state index in [1.807, 2.05) is 40.6 Å². The van der Waals surface area contributed by atoms with Gasteiger partial charge in [0.05, 0.1) is 5.69 Å². The van der Waals surface area contributed by atoms with E-state index >= 15 is 0 Å². The molecule has 1 atom stereocenters. The van der Waals surface area contributed by atoms with Crippen LogP contribution < -0.4 is 15.5 Å². The molecule has 12 heteroatoms. The number of carbonyl (C=O) groups is 1. The van der Waals surface area contributed by atoms with Gasteiger partial charge in [0.25, 0.3) is 5.91 Å². The van der Waals surface area contributed by atoms with Gasteiger partial charge in [-0.15, -0.1) is 0 Å². The lowest BCUT2D eigenvalue weighted by atomic mass is 9.98. The van der Waals surface area contributed by atoms with Crippen molar-refractivity contribution in [3.63, 3.8) is 0 Å². The zero-order valence-electron chi connectivity index (χ0n) is 17.4. The van der Waals surface area contributed by atoms with Crippen LogP contribution >= 0.6 is 11.5 Å². The Hall–Kier alpha value is -3.54. The Morgan fingerprint density at radius 2 is 2.25 bits per heavy atom. The summed E-state index contributed by atoms with van der Waals surface area (Å²) in [6, 6.07) is 5.88. The van der Waals surface area contributed by atoms with E-state index in [4.69, 9.17) is 9.97 Å². The van der Waals surface area contributed by atoms with Gasteiger partial charge in [-0.05, 0) is 44.7 Å². The molecule has 1 amide bonds. The molecule has 1 aliphatic carbocycles. The molecule has 5 heterocycles. The highest BCUT2D eigenvalue weighted by atomic mass is 32.1. The van der Waals surface area contributed by atoms with Crippen molar-refractivity contribution in [3.8, 4) is 0 Å². The Bertz CT molecular complexity index is 1280. The van der Waals surface area contributed by atoms with Gasteiger partial charge in [-0.3, -0.25) is 19.6 Å². The second-order valence-corrected chi connectivity index (χ2v) is 9.20. The lowest BCUT2D eigenvalue weighted by molar-refractivity contribution is -0.120. The number of aromatic nitrogens is 7. The van der Waals surface area contributed by atoms with Crippen LogP contribution in [-0.2, 0) is 4.79 Å². The van der Waals surface area contributed by atoms with E-state index in [0.717, 1.165) is 35.1 Å². The van der Waals surface area contributed by atoms with E-state index in [2.05, 4.69) is 30.2 Å². The monoisotopic (exact) mass is 450 g/mol. The third-order valence-electron chi connectivity index (χ3n) is 6.17. The quantitative estimate of drug-likeness (QED) is 0.409. The van der Waals surface area contributed by atoms with E-state index in [1.165, 1.54) is 19.2 Å². The van der Waals surface area contributed by atoms with Crippen LogP contribution in [0.3, 0.4) is 0 Å². The van der Waals surface area contributed by atoms with Crippen LogP contribution in [0.2, 0.25) is 0 Å². The number of carbonyl (C=O) groups excluding carboxylic acids is 1. The summed E-state index contributed by atoms with van der Waals surface area (Å²) in [7, 11) is 0. The van der Waals surface area contributed by atoms with Crippen LogP contribution in [0.15, 0.2) is 30.7 Å². The molecule has 0 spiro atoms. The van der Waals surface area contributed by atoms with Crippen molar-refractivity contribution in [2.24, 2.45) is 0 Å². The number of rotatable bonds is 6. The highest BCUT2D eigenvalue weighted by molar-refractivity contribution is 7.09. The topological polar surface area (TPSA) is 129 Å². The molecule has 32 heavy (non-hydrogen) atoms. The third kappa shape index (κ3) is 3.27. The largest absolute Gasteiger partial charge is 0.326 e. The molecule has 3 N–H and O–H groups in total. The lowest BCUT2D eigenvalue weighted by Crippen LogP contribution is -2.51. The molecular formula is C20H22N10OS. The summed E-state index contributed by atoms with van der Waals surface area (Å²) in [4.78, 5) is 28.8. The summed E-state index contributed by atoms with van der Waals surface area (Å²) < 4.78 is 5.84. The second-order valence-electron chi connectivity index (χ2n) is 8.42. The lowest BCUT2D eigenvalue weighted by Gasteiger charge is -2.33. The summed E-state index contributed by atoms with van der Waals surface area (Å²) in [6.07, 6.45) is 7.28. The van der Waals surface area contributed by atoms with Crippen molar-refractivity contribution >= 4 is 45.9 Å². The minimum absolute atomic E-state index is 0.136. The third-order valence-corrected chi connectivity index (χ3v) is 6.75. The van der Waals surface area contributed by atoms with Crippen molar-refractivity contribution in [1.29, 1.82) is 0 Å². The molecule has 164 valence electrons. The first kappa shape index (κ1) is 19.2. The molecule has 4 aromatic rings. The first-order chi connectivity index (χ1) is 15.6. The van der Waals surface area contributed by atoms with Crippen molar-refractivity contribution in [2.45, 2.75) is 44.1 Å². The van der Waals surface area contributed by atoms with Gasteiger partial charge < -0.3 is 10.2 Å². The fourth-order valence-electron chi connectivity index (χ4n) is 4.22. The van der Waals surface area contributed by atoms with E-state index in [0.29, 0.717) is 35.9 Å². The van der Waals surface area contributed by atoms with Crippen molar-refractivity contribution in [3.05, 3.63) is 36.4 Å². The maximum atomic E-state index is 13.2. The fraction of sp³-hybridized carbons (Fsp3) is 0.400. The molecule has 0 radical (unpaired) electrons. The number of hydrogen-bond donors (Lipinski definition) is 3. The smallest absolute Gasteiger partial charge is 0.251 e. The molecular weight excluding hydrogens is 428 g/mol. The molecule has 11 nitrogen and oxygen atoms in total. The number of nitrogens with one attached hydrogen (secondary N) is 3. The molecule has 0 aromatic carbocycles. The van der Waals surface area contributed by atoms with Crippen molar-refractivity contribution < 1.29 is 4.79 Å². The van der Waals surface area contributed by atoms with Gasteiger partial charge in [0.2, 0.25) is 17.0 Å². The molecule has 1 saturated carbocycles. The second kappa shape index (κ2) is 7.26. The average Bonchev–Trinajstić information content (AvgIpc) is 3.22. The predicted octanol–water partition coefficient (Wildman–Crippen LogP) is 2.92. The van der Waals surface area contributed by atoms with Crippen LogP contribution in [0, 0.1) is 0 Å². The summed E-state index contributed by atoms with van der Waals surface area (Å²) >= 11 is 1.16. The average molecular weight is 451 g/mol. The number of nitrogens with zero attached hydrogens (tertiary/aromatic N) is 7. The Kier molecular flexibility index (Phi) is 4.35. The van der Waals surface area contributed by atoms with Gasteiger partial charge in [-0.25, -0.2) is 4.98 Å². The molecule has 4 aromatic heterocycles. The Morgan fingerprint density at radius 1 is 1.34 bits per heavy atom. The van der Waals surface area contributed by atoms with Gasteiger partial charge in [-0.2, -0.15) is 19.4 Å². The summed E-state index contributed by atoms with van der Waals surface area (Å²) in [6.45, 7) is 2.61. The first-order valence-electron chi connectivity index (χ1n) is 10.6. The standard InChI is InChI=1S/C20H22N10OS/c1-20(16(31)25-19-21-11-22-32-19)7-3-9-30(20)18-24-15-4-2-8-29(15)17(26-18)23-14-10-13(27-28-14)12-5-6-12/h2,4,8,10-12H,3,5-7,9H2,1H3,(H,21,22,25,31)(H2,23,24,26,27,28)/t20-/m0/s1. The fourth-order valence-corrected chi connectivity index (χ4v) is 4.64. The molecule has 2 aliphatic rings. The van der Waals surface area contributed by atoms with Crippen LogP contribution in [0.1, 0.15) is 44.2 Å². The minimum atomic E-state index is -0.791. The van der Waals surface area contributed by atoms with Gasteiger partial charge in [0, 0.05) is 36.3 Å². The number of aromatic amines is 1. The predicted molar refractivity (Wildman–Crippen MR) is 120 cm³/mol. The first-order valence-corrected chi connectivity index (χ1v) is 11.4. The zero-order chi connectivity index (χ0) is 21.7. The normalized spacial score (nSPS) is 20.7. The van der Waals surface area contributed by atoms with Gasteiger partial charge in [0.1, 0.15) is 23.3 Å². The van der Waals surface area contributed by atoms with E-state index in [9.17, 15) is 4.79 Å². The number of amides is 1. The van der Waals surface area contributed by atoms with Gasteiger partial charge >= 0.3 is 0 Å². The molecule has 1 aliphatic heterocycles. The van der Waals surface area contributed by atoms with Crippen LogP contribution in [0.5, 0.6) is 0 Å². The van der Waals surface area contributed by atoms with Crippen molar-refractivity contribution in [2.75, 3.05) is 22.1 Å². The van der Waals surface area contributed by atoms with Gasteiger partial charge in [-0.1, -0.05) is 0 Å². The minimum Gasteiger partial charge on any atom is -0.326 e. The van der Waals surface area contributed by atoms with Gasteiger partial charge in [0.15, 0.2) is 0 Å². The van der Waals surface area contributed by atoms with Crippen LogP contribution in [0.25, 0.3) is 5.65 Å². The highest BCUT2D eigenvalue weighted by Gasteiger charge is 2.45. The number of fused-ring (bicyclic) bond motifs is 1. The Balaban J connectivity index is 1.33. The Morgan fingerprint density at radius 3 is 3.06 bits per heavy atom. The maximum Gasteiger partial charge on any atom is 0.251 e. The molecule has 6 rings (SSSR count). The van der Waals surface area contributed by atoms with E-state index in [-0.39, 0.29) is 5.91 Å². The molecule has 0 unspecified atom stereocenters. The maximum absolute atomic E-state index is 13.2. The Labute approximate surface area is 187 Å². The summed E-state index contributed by atoms with van der Waals surface area (Å²) in [5.41, 5.74) is 1.03. The number of H-pyrrole nitrogens is 1. The summed E-state index contributed by atoms with van der Waals surface area (Å²) in [5.74, 6) is 2.33. The molecule has 1 saturated heterocycles. The SMILES string of the molecule is C[C@@]1(C(=O)Nc2ncns2)CCCN1c1nc(Nc2cc(C3CC3)n[nH]2)n2cccc2n1. The number of anilines is 4. The van der Waals surface area contributed by atoms with Crippen LogP contribution in [0.4, 0.5) is 22.8 Å². The highest BCUT2D eigenvalue weighted by Crippen LogP contribution is 2.40. The van der Waals surface area contributed by atoms with Crippen molar-refractivity contribution in [1.82, 2.24) is 33.9 Å². The zero-order valence-corrected chi connectivity index (χ0v) is 18.3. The molecule has 0 bridgehead atoms. The summed E-state index contributed by atoms with van der Waals surface area (Å²) in [5, 5.41) is 14.2. The molecule has 2 fully saturated rings. The van der Waals surface area contributed by atoms with E-state index in [1.54, 1.807) is 0 Å². The van der Waals surface area contributed by atoms with E-state index < -0.39 is 5.54 Å². The van der Waals surface area contributed by atoms with Crippen LogP contribution in [-0.4, -0.2) is 51.9 Å².